The van der Waals surface area contributed by atoms with Crippen LogP contribution in [0, 0.1) is 0 Å². The molecule has 0 amide bonds. The highest BCUT2D eigenvalue weighted by atomic mass is 16.5. The van der Waals surface area contributed by atoms with Gasteiger partial charge in [0.1, 0.15) is 0 Å². The lowest BCUT2D eigenvalue weighted by atomic mass is 9.83. The number of hydrogen-bond acceptors (Lipinski definition) is 2. The lowest BCUT2D eigenvalue weighted by Crippen LogP contribution is -2.37. The smallest absolute Gasteiger partial charge is 0.0486 e. The fourth-order valence-corrected chi connectivity index (χ4v) is 3.14. The van der Waals surface area contributed by atoms with Gasteiger partial charge >= 0.3 is 0 Å². The molecule has 1 saturated heterocycles. The molecule has 0 radical (unpaired) electrons. The van der Waals surface area contributed by atoms with Crippen LogP contribution in [0.4, 0.5) is 0 Å². The van der Waals surface area contributed by atoms with Crippen LogP contribution in [-0.4, -0.2) is 13.2 Å². The van der Waals surface area contributed by atoms with Gasteiger partial charge in [-0.25, -0.2) is 0 Å². The maximum Gasteiger partial charge on any atom is 0.0486 e. The van der Waals surface area contributed by atoms with Crippen LogP contribution in [0.15, 0.2) is 18.2 Å². The van der Waals surface area contributed by atoms with E-state index in [1.54, 1.807) is 0 Å². The van der Waals surface area contributed by atoms with Gasteiger partial charge in [-0.2, -0.15) is 0 Å². The van der Waals surface area contributed by atoms with Gasteiger partial charge in [0.15, 0.2) is 0 Å². The molecule has 2 aliphatic rings. The largest absolute Gasteiger partial charge is 0.381 e. The van der Waals surface area contributed by atoms with Crippen LogP contribution in [0.5, 0.6) is 0 Å². The minimum atomic E-state index is -0.159. The molecule has 1 atom stereocenters. The number of hydrogen-bond donors (Lipinski definition) is 1. The van der Waals surface area contributed by atoms with E-state index >= 15 is 0 Å². The molecule has 0 aromatic heterocycles. The van der Waals surface area contributed by atoms with Crippen LogP contribution in [0.2, 0.25) is 0 Å². The van der Waals surface area contributed by atoms with Gasteiger partial charge < -0.3 is 10.5 Å². The Morgan fingerprint density at radius 2 is 1.88 bits per heavy atom. The molecule has 2 heteroatoms. The number of fused-ring (bicyclic) bond motifs is 1. The minimum Gasteiger partial charge on any atom is -0.381 e. The molecule has 92 valence electrons. The van der Waals surface area contributed by atoms with E-state index in [4.69, 9.17) is 10.5 Å². The maximum atomic E-state index is 6.59. The van der Waals surface area contributed by atoms with Crippen LogP contribution >= 0.6 is 0 Å². The maximum absolute atomic E-state index is 6.59. The second kappa shape index (κ2) is 4.43. The van der Waals surface area contributed by atoms with Crippen LogP contribution in [0.1, 0.15) is 42.4 Å². The van der Waals surface area contributed by atoms with Crippen molar-refractivity contribution in [2.45, 2.75) is 44.1 Å². The Morgan fingerprint density at radius 1 is 1.00 bits per heavy atom. The average Bonchev–Trinajstić information content (AvgIpc) is 2.70. The Labute approximate surface area is 103 Å². The summed E-state index contributed by atoms with van der Waals surface area (Å²) in [5.41, 5.74) is 10.8. The van der Waals surface area contributed by atoms with Gasteiger partial charge in [-0.3, -0.25) is 0 Å². The predicted octanol–water partition coefficient (Wildman–Crippen LogP) is 2.53. The Morgan fingerprint density at radius 3 is 2.82 bits per heavy atom. The molecule has 2 nitrogen and oxygen atoms in total. The van der Waals surface area contributed by atoms with E-state index in [0.29, 0.717) is 0 Å². The zero-order valence-electron chi connectivity index (χ0n) is 10.4. The van der Waals surface area contributed by atoms with Gasteiger partial charge in [0.2, 0.25) is 0 Å². The first-order chi connectivity index (χ1) is 8.28. The van der Waals surface area contributed by atoms with E-state index in [2.05, 4.69) is 18.2 Å². The molecule has 1 aliphatic heterocycles. The van der Waals surface area contributed by atoms with Crippen LogP contribution in [0.25, 0.3) is 0 Å². The van der Waals surface area contributed by atoms with Crippen LogP contribution in [-0.2, 0) is 23.1 Å². The van der Waals surface area contributed by atoms with Crippen molar-refractivity contribution in [3.05, 3.63) is 34.9 Å². The van der Waals surface area contributed by atoms with Crippen molar-refractivity contribution in [2.24, 2.45) is 5.73 Å². The topological polar surface area (TPSA) is 35.2 Å². The van der Waals surface area contributed by atoms with Gasteiger partial charge in [0, 0.05) is 18.8 Å². The van der Waals surface area contributed by atoms with Gasteiger partial charge in [-0.1, -0.05) is 18.2 Å². The number of rotatable bonds is 1. The Balaban J connectivity index is 1.91. The third kappa shape index (κ3) is 2.12. The highest BCUT2D eigenvalue weighted by Gasteiger charge is 2.29. The first-order valence-corrected chi connectivity index (χ1v) is 6.77. The third-order valence-electron chi connectivity index (χ3n) is 4.28. The molecule has 1 aromatic rings. The third-order valence-corrected chi connectivity index (χ3v) is 4.28. The molecule has 17 heavy (non-hydrogen) atoms. The molecule has 1 aliphatic carbocycles. The first-order valence-electron chi connectivity index (χ1n) is 6.77. The molecule has 0 bridgehead atoms. The lowest BCUT2D eigenvalue weighted by molar-refractivity contribution is 0.139. The molecule has 2 N–H and O–H groups in total. The predicted molar refractivity (Wildman–Crippen MR) is 69.0 cm³/mol. The van der Waals surface area contributed by atoms with E-state index in [1.165, 1.54) is 36.0 Å². The van der Waals surface area contributed by atoms with Crippen molar-refractivity contribution in [1.29, 1.82) is 0 Å². The summed E-state index contributed by atoms with van der Waals surface area (Å²) in [6.07, 6.45) is 6.86. The fraction of sp³-hybridized carbons (Fsp3) is 0.600. The monoisotopic (exact) mass is 231 g/mol. The average molecular weight is 231 g/mol. The van der Waals surface area contributed by atoms with Crippen LogP contribution < -0.4 is 5.73 Å². The van der Waals surface area contributed by atoms with Crippen molar-refractivity contribution < 1.29 is 4.74 Å². The fourth-order valence-electron chi connectivity index (χ4n) is 3.14. The Bertz CT molecular complexity index is 405. The van der Waals surface area contributed by atoms with E-state index in [1.807, 2.05) is 0 Å². The molecule has 0 spiro atoms. The van der Waals surface area contributed by atoms with Crippen molar-refractivity contribution in [2.75, 3.05) is 13.2 Å². The summed E-state index contributed by atoms with van der Waals surface area (Å²) in [6, 6.07) is 6.89. The SMILES string of the molecule is NC1(c2ccc3c(c2)CCC3)CCCOCC1. The second-order valence-corrected chi connectivity index (χ2v) is 5.46. The summed E-state index contributed by atoms with van der Waals surface area (Å²) in [5.74, 6) is 0. The highest BCUT2D eigenvalue weighted by molar-refractivity contribution is 5.38. The summed E-state index contributed by atoms with van der Waals surface area (Å²) in [6.45, 7) is 1.66. The summed E-state index contributed by atoms with van der Waals surface area (Å²) >= 11 is 0. The molecule has 1 heterocycles. The quantitative estimate of drug-likeness (QED) is 0.806. The van der Waals surface area contributed by atoms with Crippen LogP contribution in [0.3, 0.4) is 0 Å². The standard InChI is InChI=1S/C15H21NO/c16-15(7-2-9-17-10-8-15)14-6-5-12-3-1-4-13(12)11-14/h5-6,11H,1-4,7-10,16H2. The number of benzene rings is 1. The van der Waals surface area contributed by atoms with E-state index in [-0.39, 0.29) is 5.54 Å². The summed E-state index contributed by atoms with van der Waals surface area (Å²) in [4.78, 5) is 0. The zero-order valence-corrected chi connectivity index (χ0v) is 10.4. The van der Waals surface area contributed by atoms with Gasteiger partial charge in [-0.05, 0) is 55.2 Å². The van der Waals surface area contributed by atoms with Crippen molar-refractivity contribution in [1.82, 2.24) is 0 Å². The normalized spacial score (nSPS) is 28.8. The lowest BCUT2D eigenvalue weighted by Gasteiger charge is -2.28. The molecule has 3 rings (SSSR count). The minimum absolute atomic E-state index is 0.159. The first kappa shape index (κ1) is 11.2. The van der Waals surface area contributed by atoms with E-state index in [9.17, 15) is 0 Å². The number of nitrogens with two attached hydrogens (primary N) is 1. The summed E-state index contributed by atoms with van der Waals surface area (Å²) in [5, 5.41) is 0. The van der Waals surface area contributed by atoms with Crippen molar-refractivity contribution in [3.63, 3.8) is 0 Å². The molecule has 1 aromatic carbocycles. The second-order valence-electron chi connectivity index (χ2n) is 5.46. The Kier molecular flexibility index (Phi) is 2.93. The molecular formula is C15H21NO. The van der Waals surface area contributed by atoms with Crippen molar-refractivity contribution >= 4 is 0 Å². The van der Waals surface area contributed by atoms with E-state index in [0.717, 1.165) is 32.5 Å². The Hall–Kier alpha value is -0.860. The number of ether oxygens (including phenoxy) is 1. The highest BCUT2D eigenvalue weighted by Crippen LogP contribution is 2.33. The molecular weight excluding hydrogens is 210 g/mol. The van der Waals surface area contributed by atoms with E-state index < -0.39 is 0 Å². The summed E-state index contributed by atoms with van der Waals surface area (Å²) in [7, 11) is 0. The zero-order chi connectivity index (χ0) is 11.7. The van der Waals surface area contributed by atoms with Gasteiger partial charge in [0.05, 0.1) is 0 Å². The van der Waals surface area contributed by atoms with Gasteiger partial charge in [0.25, 0.3) is 0 Å². The van der Waals surface area contributed by atoms with Crippen molar-refractivity contribution in [3.8, 4) is 0 Å². The molecule has 0 saturated carbocycles. The molecule has 1 unspecified atom stereocenters. The number of aryl methyl sites for hydroxylation is 2. The van der Waals surface area contributed by atoms with Gasteiger partial charge in [-0.15, -0.1) is 0 Å². The summed E-state index contributed by atoms with van der Waals surface area (Å²) < 4.78 is 5.52. The molecule has 1 fully saturated rings.